The molecule has 0 fully saturated rings. The van der Waals surface area contributed by atoms with E-state index in [9.17, 15) is 13.2 Å². The Labute approximate surface area is 164 Å². The second-order valence-electron chi connectivity index (χ2n) is 7.06. The van der Waals surface area contributed by atoms with Crippen molar-refractivity contribution in [3.8, 4) is 22.4 Å². The van der Waals surface area contributed by atoms with Gasteiger partial charge in [-0.25, -0.2) is 13.6 Å². The number of ketones is 1. The highest BCUT2D eigenvalue weighted by Gasteiger charge is 2.24. The summed E-state index contributed by atoms with van der Waals surface area (Å²) in [7, 11) is -3.93. The quantitative estimate of drug-likeness (QED) is 0.732. The van der Waals surface area contributed by atoms with Gasteiger partial charge in [-0.3, -0.25) is 9.78 Å². The van der Waals surface area contributed by atoms with Gasteiger partial charge in [0.05, 0.1) is 10.6 Å². The third-order valence-electron chi connectivity index (χ3n) is 5.07. The Morgan fingerprint density at radius 1 is 0.964 bits per heavy atom. The zero-order chi connectivity index (χ0) is 19.9. The standard InChI is InChI=1S/C22H20N2O3S/c1-14-10-11-20(28(23,26)27)18(13-14)22-17(8-4-12-24-22)16-7-2-5-15-6-3-9-19(25)21(15)16/h2,4-5,7-8,10-13H,3,6,9H2,1H3,(H2,23,26,27). The predicted octanol–water partition coefficient (Wildman–Crippen LogP) is 3.89. The third-order valence-corrected chi connectivity index (χ3v) is 6.04. The lowest BCUT2D eigenvalue weighted by Crippen LogP contribution is -2.14. The van der Waals surface area contributed by atoms with Gasteiger partial charge in [-0.1, -0.05) is 35.9 Å². The van der Waals surface area contributed by atoms with Crippen LogP contribution >= 0.6 is 0 Å². The molecule has 3 aromatic rings. The molecule has 1 aliphatic carbocycles. The molecule has 1 heterocycles. The Bertz CT molecular complexity index is 1200. The number of aromatic nitrogens is 1. The maximum Gasteiger partial charge on any atom is 0.238 e. The minimum Gasteiger partial charge on any atom is -0.294 e. The van der Waals surface area contributed by atoms with Crippen LogP contribution in [-0.4, -0.2) is 19.2 Å². The van der Waals surface area contributed by atoms with Crippen molar-refractivity contribution in [3.05, 3.63) is 71.4 Å². The van der Waals surface area contributed by atoms with Gasteiger partial charge in [-0.05, 0) is 49.1 Å². The number of pyridine rings is 1. The zero-order valence-electron chi connectivity index (χ0n) is 15.5. The number of Topliss-reactive ketones (excluding diaryl/α,β-unsaturated/α-hetero) is 1. The van der Waals surface area contributed by atoms with Gasteiger partial charge in [0, 0.05) is 29.3 Å². The Balaban J connectivity index is 2.02. The molecule has 0 aliphatic heterocycles. The summed E-state index contributed by atoms with van der Waals surface area (Å²) in [6.07, 6.45) is 3.85. The Kier molecular flexibility index (Phi) is 4.61. The number of carbonyl (C=O) groups is 1. The van der Waals surface area contributed by atoms with Crippen molar-refractivity contribution >= 4 is 15.8 Å². The van der Waals surface area contributed by atoms with Crippen LogP contribution in [0.2, 0.25) is 0 Å². The lowest BCUT2D eigenvalue weighted by molar-refractivity contribution is 0.0973. The van der Waals surface area contributed by atoms with E-state index in [-0.39, 0.29) is 10.7 Å². The molecule has 2 N–H and O–H groups in total. The average molecular weight is 392 g/mol. The SMILES string of the molecule is Cc1ccc(S(N)(=O)=O)c(-c2ncccc2-c2cccc3c2C(=O)CCC3)c1. The fourth-order valence-electron chi connectivity index (χ4n) is 3.84. The van der Waals surface area contributed by atoms with E-state index in [1.54, 1.807) is 24.4 Å². The van der Waals surface area contributed by atoms with Crippen molar-refractivity contribution in [1.29, 1.82) is 0 Å². The van der Waals surface area contributed by atoms with Crippen LogP contribution in [0.3, 0.4) is 0 Å². The number of benzene rings is 2. The second-order valence-corrected chi connectivity index (χ2v) is 8.59. The van der Waals surface area contributed by atoms with E-state index in [1.165, 1.54) is 6.07 Å². The van der Waals surface area contributed by atoms with Crippen LogP contribution in [0.1, 0.15) is 34.3 Å². The molecule has 28 heavy (non-hydrogen) atoms. The van der Waals surface area contributed by atoms with Crippen molar-refractivity contribution in [2.24, 2.45) is 5.14 Å². The van der Waals surface area contributed by atoms with Crippen LogP contribution in [0.25, 0.3) is 22.4 Å². The number of nitrogens with zero attached hydrogens (tertiary/aromatic N) is 1. The van der Waals surface area contributed by atoms with Crippen LogP contribution < -0.4 is 5.14 Å². The summed E-state index contributed by atoms with van der Waals surface area (Å²) in [5.41, 5.74) is 5.09. The van der Waals surface area contributed by atoms with Crippen LogP contribution in [0.15, 0.2) is 59.6 Å². The summed E-state index contributed by atoms with van der Waals surface area (Å²) < 4.78 is 24.3. The number of hydrogen-bond donors (Lipinski definition) is 1. The van der Waals surface area contributed by atoms with Crippen molar-refractivity contribution in [2.75, 3.05) is 0 Å². The molecule has 0 saturated carbocycles. The maximum atomic E-state index is 12.7. The second kappa shape index (κ2) is 6.96. The van der Waals surface area contributed by atoms with Crippen LogP contribution in [-0.2, 0) is 16.4 Å². The lowest BCUT2D eigenvalue weighted by atomic mass is 9.84. The molecule has 0 radical (unpaired) electrons. The predicted molar refractivity (Wildman–Crippen MR) is 108 cm³/mol. The number of fused-ring (bicyclic) bond motifs is 1. The lowest BCUT2D eigenvalue weighted by Gasteiger charge is -2.20. The van der Waals surface area contributed by atoms with E-state index in [0.717, 1.165) is 35.1 Å². The highest BCUT2D eigenvalue weighted by Crippen LogP contribution is 2.38. The third kappa shape index (κ3) is 3.25. The van der Waals surface area contributed by atoms with Gasteiger partial charge in [0.2, 0.25) is 10.0 Å². The van der Waals surface area contributed by atoms with Crippen molar-refractivity contribution in [1.82, 2.24) is 4.98 Å². The summed E-state index contributed by atoms with van der Waals surface area (Å²) in [6.45, 7) is 1.88. The number of rotatable bonds is 3. The monoisotopic (exact) mass is 392 g/mol. The number of hydrogen-bond acceptors (Lipinski definition) is 4. The Morgan fingerprint density at radius 2 is 1.75 bits per heavy atom. The van der Waals surface area contributed by atoms with E-state index in [2.05, 4.69) is 4.98 Å². The van der Waals surface area contributed by atoms with E-state index >= 15 is 0 Å². The van der Waals surface area contributed by atoms with Crippen molar-refractivity contribution < 1.29 is 13.2 Å². The molecular weight excluding hydrogens is 372 g/mol. The van der Waals surface area contributed by atoms with Gasteiger partial charge in [-0.2, -0.15) is 0 Å². The normalized spacial score (nSPS) is 14.0. The maximum absolute atomic E-state index is 12.7. The molecule has 1 aromatic heterocycles. The Morgan fingerprint density at radius 3 is 2.54 bits per heavy atom. The molecule has 1 aliphatic rings. The minimum atomic E-state index is -3.93. The molecule has 0 amide bonds. The van der Waals surface area contributed by atoms with Crippen LogP contribution in [0, 0.1) is 6.92 Å². The highest BCUT2D eigenvalue weighted by molar-refractivity contribution is 7.89. The Hall–Kier alpha value is -2.83. The largest absolute Gasteiger partial charge is 0.294 e. The van der Waals surface area contributed by atoms with E-state index < -0.39 is 10.0 Å². The number of sulfonamides is 1. The summed E-state index contributed by atoms with van der Waals surface area (Å²) in [5.74, 6) is 0.113. The van der Waals surface area contributed by atoms with Gasteiger partial charge < -0.3 is 0 Å². The molecule has 4 rings (SSSR count). The van der Waals surface area contributed by atoms with Gasteiger partial charge >= 0.3 is 0 Å². The van der Waals surface area contributed by atoms with Gasteiger partial charge in [-0.15, -0.1) is 0 Å². The molecule has 2 aromatic carbocycles. The molecule has 0 spiro atoms. The molecule has 0 unspecified atom stereocenters. The van der Waals surface area contributed by atoms with Crippen molar-refractivity contribution in [2.45, 2.75) is 31.1 Å². The first kappa shape index (κ1) is 18.5. The minimum absolute atomic E-state index is 0.0224. The summed E-state index contributed by atoms with van der Waals surface area (Å²) in [6, 6.07) is 14.4. The van der Waals surface area contributed by atoms with Gasteiger partial charge in [0.1, 0.15) is 0 Å². The van der Waals surface area contributed by atoms with Gasteiger partial charge in [0.15, 0.2) is 5.78 Å². The molecular formula is C22H20N2O3S. The number of carbonyl (C=O) groups excluding carboxylic acids is 1. The zero-order valence-corrected chi connectivity index (χ0v) is 16.3. The summed E-state index contributed by atoms with van der Waals surface area (Å²) in [4.78, 5) is 17.2. The first-order chi connectivity index (χ1) is 13.4. The molecule has 0 bridgehead atoms. The molecule has 0 saturated heterocycles. The number of nitrogens with two attached hydrogens (primary N) is 1. The van der Waals surface area contributed by atoms with E-state index in [0.29, 0.717) is 23.2 Å². The van der Waals surface area contributed by atoms with E-state index in [1.807, 2.05) is 31.2 Å². The number of aryl methyl sites for hydroxylation is 2. The fraction of sp³-hybridized carbons (Fsp3) is 0.182. The molecule has 0 atom stereocenters. The fourth-order valence-corrected chi connectivity index (χ4v) is 4.56. The highest BCUT2D eigenvalue weighted by atomic mass is 32.2. The molecule has 142 valence electrons. The smallest absolute Gasteiger partial charge is 0.238 e. The topological polar surface area (TPSA) is 90.1 Å². The number of primary sulfonamides is 1. The molecule has 6 heteroatoms. The van der Waals surface area contributed by atoms with Crippen LogP contribution in [0.4, 0.5) is 0 Å². The van der Waals surface area contributed by atoms with Crippen LogP contribution in [0.5, 0.6) is 0 Å². The summed E-state index contributed by atoms with van der Waals surface area (Å²) >= 11 is 0. The first-order valence-electron chi connectivity index (χ1n) is 9.10. The average Bonchev–Trinajstić information content (AvgIpc) is 2.67. The summed E-state index contributed by atoms with van der Waals surface area (Å²) in [5, 5.41) is 5.46. The van der Waals surface area contributed by atoms with Gasteiger partial charge in [0.25, 0.3) is 0 Å². The molecule has 5 nitrogen and oxygen atoms in total. The first-order valence-corrected chi connectivity index (χ1v) is 10.6. The van der Waals surface area contributed by atoms with E-state index in [4.69, 9.17) is 5.14 Å². The van der Waals surface area contributed by atoms with Crippen molar-refractivity contribution in [3.63, 3.8) is 0 Å².